The molecule has 0 bridgehead atoms. The van der Waals surface area contributed by atoms with Crippen molar-refractivity contribution in [2.45, 2.75) is 13.0 Å². The molecule has 0 aromatic heterocycles. The molecule has 3 N–H and O–H groups in total. The zero-order chi connectivity index (χ0) is 23.5. The number of rotatable bonds is 11. The highest BCUT2D eigenvalue weighted by Crippen LogP contribution is 2.18. The van der Waals surface area contributed by atoms with E-state index in [2.05, 4.69) is 16.0 Å². The number of carbonyl (C=O) groups is 2. The number of hydrogen-bond acceptors (Lipinski definition) is 5. The van der Waals surface area contributed by atoms with Crippen LogP contribution in [0, 0.1) is 0 Å². The number of nitrogens with one attached hydrogen (secondary N) is 3. The Balaban J connectivity index is 1.52. The molecule has 0 radical (unpaired) electrons. The molecule has 172 valence electrons. The fourth-order valence-corrected chi connectivity index (χ4v) is 3.17. The van der Waals surface area contributed by atoms with Crippen molar-refractivity contribution in [3.05, 3.63) is 90.0 Å². The molecule has 0 aliphatic carbocycles. The van der Waals surface area contributed by atoms with Gasteiger partial charge in [0.15, 0.2) is 0 Å². The Bertz CT molecular complexity index is 1060. The lowest BCUT2D eigenvalue weighted by atomic mass is 10.1. The fraction of sp³-hybridized carbons (Fsp3) is 0.231. The summed E-state index contributed by atoms with van der Waals surface area (Å²) in [6.45, 7) is 2.96. The maximum Gasteiger partial charge on any atom is 0.251 e. The molecule has 1 unspecified atom stereocenters. The zero-order valence-electron chi connectivity index (χ0n) is 18.8. The van der Waals surface area contributed by atoms with Crippen molar-refractivity contribution in [2.75, 3.05) is 37.5 Å². The van der Waals surface area contributed by atoms with Gasteiger partial charge in [0.25, 0.3) is 5.91 Å². The summed E-state index contributed by atoms with van der Waals surface area (Å²) in [6, 6.07) is 23.9. The monoisotopic (exact) mass is 447 g/mol. The van der Waals surface area contributed by atoms with Crippen molar-refractivity contribution in [1.29, 1.82) is 0 Å². The normalized spacial score (nSPS) is 11.3. The van der Waals surface area contributed by atoms with E-state index in [0.717, 1.165) is 11.3 Å². The SMILES string of the molecule is COCCOc1cccc(NCC(=O)Nc2cccc(C(=O)NC(C)c3ccccc3)c2)c1. The quantitative estimate of drug-likeness (QED) is 0.383. The van der Waals surface area contributed by atoms with Crippen molar-refractivity contribution in [3.63, 3.8) is 0 Å². The number of hydrogen-bond donors (Lipinski definition) is 3. The molecule has 2 amide bonds. The molecule has 0 saturated heterocycles. The molecule has 1 atom stereocenters. The van der Waals surface area contributed by atoms with Crippen LogP contribution in [-0.2, 0) is 9.53 Å². The van der Waals surface area contributed by atoms with Gasteiger partial charge in [-0.3, -0.25) is 9.59 Å². The van der Waals surface area contributed by atoms with Crippen LogP contribution in [-0.4, -0.2) is 38.7 Å². The lowest BCUT2D eigenvalue weighted by molar-refractivity contribution is -0.114. The summed E-state index contributed by atoms with van der Waals surface area (Å²) in [5.41, 5.74) is 2.82. The molecule has 3 aromatic rings. The van der Waals surface area contributed by atoms with Crippen LogP contribution in [0.4, 0.5) is 11.4 Å². The summed E-state index contributed by atoms with van der Waals surface area (Å²) in [7, 11) is 1.62. The number of anilines is 2. The molecule has 0 heterocycles. The Morgan fingerprint density at radius 1 is 0.879 bits per heavy atom. The third kappa shape index (κ3) is 7.66. The predicted octanol–water partition coefficient (Wildman–Crippen LogP) is 4.25. The zero-order valence-corrected chi connectivity index (χ0v) is 18.8. The largest absolute Gasteiger partial charge is 0.491 e. The van der Waals surface area contributed by atoms with Gasteiger partial charge in [0.2, 0.25) is 5.91 Å². The van der Waals surface area contributed by atoms with Gasteiger partial charge in [-0.1, -0.05) is 42.5 Å². The minimum atomic E-state index is -0.226. The Morgan fingerprint density at radius 2 is 1.64 bits per heavy atom. The lowest BCUT2D eigenvalue weighted by Gasteiger charge is -2.15. The predicted molar refractivity (Wildman–Crippen MR) is 130 cm³/mol. The standard InChI is InChI=1S/C26H29N3O4/c1-19(20-8-4-3-5-9-20)28-26(31)21-10-6-12-23(16-21)29-25(30)18-27-22-11-7-13-24(17-22)33-15-14-32-2/h3-13,16-17,19,27H,14-15,18H2,1-2H3,(H,28,31)(H,29,30). The summed E-state index contributed by atoms with van der Waals surface area (Å²) in [5.74, 6) is 0.266. The molecule has 33 heavy (non-hydrogen) atoms. The number of carbonyl (C=O) groups excluding carboxylic acids is 2. The smallest absolute Gasteiger partial charge is 0.251 e. The summed E-state index contributed by atoms with van der Waals surface area (Å²) >= 11 is 0. The van der Waals surface area contributed by atoms with E-state index in [1.54, 1.807) is 31.4 Å². The van der Waals surface area contributed by atoms with Gasteiger partial charge >= 0.3 is 0 Å². The van der Waals surface area contributed by atoms with E-state index in [9.17, 15) is 9.59 Å². The topological polar surface area (TPSA) is 88.7 Å². The maximum atomic E-state index is 12.6. The van der Waals surface area contributed by atoms with Gasteiger partial charge in [0.05, 0.1) is 19.2 Å². The van der Waals surface area contributed by atoms with Crippen molar-refractivity contribution in [3.8, 4) is 5.75 Å². The molecule has 7 heteroatoms. The third-order valence-electron chi connectivity index (χ3n) is 4.90. The molecule has 3 rings (SSSR count). The second kappa shape index (κ2) is 12.3. The first-order chi connectivity index (χ1) is 16.0. The van der Waals surface area contributed by atoms with Gasteiger partial charge in [-0.15, -0.1) is 0 Å². The molecule has 0 aliphatic heterocycles. The van der Waals surface area contributed by atoms with Crippen LogP contribution in [0.5, 0.6) is 5.75 Å². The van der Waals surface area contributed by atoms with Crippen LogP contribution in [0.15, 0.2) is 78.9 Å². The van der Waals surface area contributed by atoms with Gasteiger partial charge in [-0.05, 0) is 42.8 Å². The molecule has 3 aromatic carbocycles. The molecule has 0 saturated carbocycles. The van der Waals surface area contributed by atoms with Gasteiger partial charge in [0, 0.05) is 30.1 Å². The number of ether oxygens (including phenoxy) is 2. The third-order valence-corrected chi connectivity index (χ3v) is 4.90. The lowest BCUT2D eigenvalue weighted by Crippen LogP contribution is -2.27. The van der Waals surface area contributed by atoms with E-state index in [-0.39, 0.29) is 24.4 Å². The van der Waals surface area contributed by atoms with Crippen molar-refractivity contribution < 1.29 is 19.1 Å². The Kier molecular flexibility index (Phi) is 8.85. The van der Waals surface area contributed by atoms with Crippen molar-refractivity contribution in [1.82, 2.24) is 5.32 Å². The van der Waals surface area contributed by atoms with E-state index in [1.807, 2.05) is 61.5 Å². The van der Waals surface area contributed by atoms with Crippen LogP contribution in [0.2, 0.25) is 0 Å². The minimum absolute atomic E-state index is 0.0724. The maximum absolute atomic E-state index is 12.6. The van der Waals surface area contributed by atoms with E-state index < -0.39 is 0 Å². The second-order valence-electron chi connectivity index (χ2n) is 7.46. The van der Waals surface area contributed by atoms with Crippen molar-refractivity contribution >= 4 is 23.2 Å². The van der Waals surface area contributed by atoms with Crippen LogP contribution in [0.25, 0.3) is 0 Å². The molecule has 0 fully saturated rings. The molecular weight excluding hydrogens is 418 g/mol. The summed E-state index contributed by atoms with van der Waals surface area (Å²) in [5, 5.41) is 8.87. The minimum Gasteiger partial charge on any atom is -0.491 e. The average molecular weight is 448 g/mol. The Hall–Kier alpha value is -3.84. The van der Waals surface area contributed by atoms with Crippen LogP contribution in [0.3, 0.4) is 0 Å². The summed E-state index contributed by atoms with van der Waals surface area (Å²) < 4.78 is 10.6. The number of benzene rings is 3. The highest BCUT2D eigenvalue weighted by molar-refractivity contribution is 5.98. The number of amides is 2. The first kappa shape index (κ1) is 23.8. The highest BCUT2D eigenvalue weighted by atomic mass is 16.5. The fourth-order valence-electron chi connectivity index (χ4n) is 3.17. The summed E-state index contributed by atoms with van der Waals surface area (Å²) in [4.78, 5) is 25.1. The average Bonchev–Trinajstić information content (AvgIpc) is 2.84. The van der Waals surface area contributed by atoms with Crippen LogP contribution in [0.1, 0.15) is 28.9 Å². The Morgan fingerprint density at radius 3 is 2.42 bits per heavy atom. The van der Waals surface area contributed by atoms with E-state index in [1.165, 1.54) is 0 Å². The molecule has 0 spiro atoms. The summed E-state index contributed by atoms with van der Waals surface area (Å²) in [6.07, 6.45) is 0. The van der Waals surface area contributed by atoms with E-state index in [4.69, 9.17) is 9.47 Å². The number of methoxy groups -OCH3 is 1. The molecule has 0 aliphatic rings. The van der Waals surface area contributed by atoms with E-state index >= 15 is 0 Å². The first-order valence-corrected chi connectivity index (χ1v) is 10.8. The van der Waals surface area contributed by atoms with Gasteiger partial charge in [-0.25, -0.2) is 0 Å². The second-order valence-corrected chi connectivity index (χ2v) is 7.46. The Labute approximate surface area is 194 Å². The van der Waals surface area contributed by atoms with Gasteiger partial charge in [-0.2, -0.15) is 0 Å². The van der Waals surface area contributed by atoms with Crippen LogP contribution >= 0.6 is 0 Å². The van der Waals surface area contributed by atoms with Gasteiger partial charge in [0.1, 0.15) is 12.4 Å². The van der Waals surface area contributed by atoms with E-state index in [0.29, 0.717) is 30.2 Å². The van der Waals surface area contributed by atoms with Gasteiger partial charge < -0.3 is 25.4 Å². The van der Waals surface area contributed by atoms with Crippen molar-refractivity contribution in [2.24, 2.45) is 0 Å². The molecular formula is C26H29N3O4. The highest BCUT2D eigenvalue weighted by Gasteiger charge is 2.12. The first-order valence-electron chi connectivity index (χ1n) is 10.8. The van der Waals surface area contributed by atoms with Crippen LogP contribution < -0.4 is 20.7 Å². The molecule has 7 nitrogen and oxygen atoms in total.